The molecule has 3 N–H and O–H groups in total. The summed E-state index contributed by atoms with van der Waals surface area (Å²) >= 11 is 7.62. The molecule has 0 radical (unpaired) electrons. The molecule has 6 heteroatoms. The standard InChI is InChI=1S/C12H17ClN2O2S/c13-10-4-1-2-5-11(10)15-12(17)14-6-9-18-8-3-7-16/h1-2,4-5,16H,3,6-9H2,(H2,14,15,17). The average Bonchev–Trinajstić information content (AvgIpc) is 2.36. The topological polar surface area (TPSA) is 61.4 Å². The van der Waals surface area contributed by atoms with Crippen molar-refractivity contribution in [2.45, 2.75) is 6.42 Å². The van der Waals surface area contributed by atoms with Gasteiger partial charge in [0.2, 0.25) is 0 Å². The van der Waals surface area contributed by atoms with E-state index in [2.05, 4.69) is 10.6 Å². The maximum atomic E-state index is 11.5. The number of hydrogen-bond donors (Lipinski definition) is 3. The Bertz CT molecular complexity index is 377. The van der Waals surface area contributed by atoms with Crippen molar-refractivity contribution >= 4 is 35.1 Å². The Kier molecular flexibility index (Phi) is 7.64. The second kappa shape index (κ2) is 9.08. The zero-order valence-electron chi connectivity index (χ0n) is 9.99. The zero-order chi connectivity index (χ0) is 13.2. The molecule has 1 rings (SSSR count). The third-order valence-corrected chi connectivity index (χ3v) is 3.50. The van der Waals surface area contributed by atoms with E-state index in [4.69, 9.17) is 16.7 Å². The van der Waals surface area contributed by atoms with Gasteiger partial charge in [-0.1, -0.05) is 23.7 Å². The minimum Gasteiger partial charge on any atom is -0.396 e. The minimum atomic E-state index is -0.258. The largest absolute Gasteiger partial charge is 0.396 e. The number of thioether (sulfide) groups is 1. The van der Waals surface area contributed by atoms with Gasteiger partial charge in [0.1, 0.15) is 0 Å². The van der Waals surface area contributed by atoms with Gasteiger partial charge in [-0.05, 0) is 24.3 Å². The quantitative estimate of drug-likeness (QED) is 0.676. The number of benzene rings is 1. The molecule has 0 aliphatic carbocycles. The SMILES string of the molecule is O=C(NCCSCCCO)Nc1ccccc1Cl. The molecule has 0 aliphatic heterocycles. The summed E-state index contributed by atoms with van der Waals surface area (Å²) < 4.78 is 0. The molecule has 0 heterocycles. The zero-order valence-corrected chi connectivity index (χ0v) is 11.6. The van der Waals surface area contributed by atoms with Gasteiger partial charge in [-0.15, -0.1) is 0 Å². The fourth-order valence-electron chi connectivity index (χ4n) is 1.23. The van der Waals surface area contributed by atoms with Crippen molar-refractivity contribution in [3.8, 4) is 0 Å². The van der Waals surface area contributed by atoms with Crippen LogP contribution in [0.5, 0.6) is 0 Å². The number of aliphatic hydroxyl groups is 1. The van der Waals surface area contributed by atoms with Crippen molar-refractivity contribution in [1.29, 1.82) is 0 Å². The lowest BCUT2D eigenvalue weighted by Crippen LogP contribution is -2.30. The first-order chi connectivity index (χ1) is 8.74. The monoisotopic (exact) mass is 288 g/mol. The molecule has 0 atom stereocenters. The molecule has 0 aliphatic rings. The Morgan fingerprint density at radius 2 is 2.11 bits per heavy atom. The van der Waals surface area contributed by atoms with Crippen LogP contribution < -0.4 is 10.6 Å². The van der Waals surface area contributed by atoms with Crippen LogP contribution in [0.25, 0.3) is 0 Å². The number of hydrogen-bond acceptors (Lipinski definition) is 3. The van der Waals surface area contributed by atoms with Crippen molar-refractivity contribution in [2.75, 3.05) is 30.0 Å². The number of anilines is 1. The summed E-state index contributed by atoms with van der Waals surface area (Å²) in [6.45, 7) is 0.805. The Labute approximate surface area is 116 Å². The predicted octanol–water partition coefficient (Wildman–Crippen LogP) is 2.58. The van der Waals surface area contributed by atoms with Crippen LogP contribution >= 0.6 is 23.4 Å². The first-order valence-electron chi connectivity index (χ1n) is 5.72. The van der Waals surface area contributed by atoms with Crippen molar-refractivity contribution < 1.29 is 9.90 Å². The van der Waals surface area contributed by atoms with E-state index in [1.165, 1.54) is 0 Å². The van der Waals surface area contributed by atoms with E-state index in [-0.39, 0.29) is 12.6 Å². The fraction of sp³-hybridized carbons (Fsp3) is 0.417. The van der Waals surface area contributed by atoms with Crippen molar-refractivity contribution in [3.05, 3.63) is 29.3 Å². The second-order valence-corrected chi connectivity index (χ2v) is 5.18. The van der Waals surface area contributed by atoms with Gasteiger partial charge < -0.3 is 15.7 Å². The normalized spacial score (nSPS) is 10.1. The van der Waals surface area contributed by atoms with E-state index in [1.807, 2.05) is 12.1 Å². The third kappa shape index (κ3) is 6.14. The van der Waals surface area contributed by atoms with Gasteiger partial charge in [0.15, 0.2) is 0 Å². The van der Waals surface area contributed by atoms with Crippen LogP contribution in [0.15, 0.2) is 24.3 Å². The highest BCUT2D eigenvalue weighted by atomic mass is 35.5. The molecule has 0 saturated carbocycles. The molecule has 100 valence electrons. The molecule has 0 spiro atoms. The van der Waals surface area contributed by atoms with Gasteiger partial charge in [-0.3, -0.25) is 0 Å². The number of amides is 2. The Balaban J connectivity index is 2.16. The van der Waals surface area contributed by atoms with Crippen molar-refractivity contribution in [1.82, 2.24) is 5.32 Å². The van der Waals surface area contributed by atoms with Crippen LogP contribution in [0.1, 0.15) is 6.42 Å². The van der Waals surface area contributed by atoms with Gasteiger partial charge in [0, 0.05) is 18.9 Å². The van der Waals surface area contributed by atoms with E-state index in [9.17, 15) is 4.79 Å². The van der Waals surface area contributed by atoms with Crippen LogP contribution in [-0.2, 0) is 0 Å². The summed E-state index contributed by atoms with van der Waals surface area (Å²) in [5.74, 6) is 1.74. The van der Waals surface area contributed by atoms with Crippen LogP contribution in [0.3, 0.4) is 0 Å². The average molecular weight is 289 g/mol. The maximum absolute atomic E-state index is 11.5. The highest BCUT2D eigenvalue weighted by molar-refractivity contribution is 7.99. The third-order valence-electron chi connectivity index (χ3n) is 2.10. The Hall–Kier alpha value is -0.910. The highest BCUT2D eigenvalue weighted by Gasteiger charge is 2.03. The van der Waals surface area contributed by atoms with E-state index >= 15 is 0 Å². The smallest absolute Gasteiger partial charge is 0.319 e. The van der Waals surface area contributed by atoms with Crippen molar-refractivity contribution in [2.24, 2.45) is 0 Å². The number of aliphatic hydroxyl groups excluding tert-OH is 1. The summed E-state index contributed by atoms with van der Waals surface area (Å²) in [7, 11) is 0. The molecule has 0 fully saturated rings. The summed E-state index contributed by atoms with van der Waals surface area (Å²) in [5.41, 5.74) is 0.601. The van der Waals surface area contributed by atoms with Gasteiger partial charge in [-0.25, -0.2) is 4.79 Å². The molecule has 4 nitrogen and oxygen atoms in total. The highest BCUT2D eigenvalue weighted by Crippen LogP contribution is 2.19. The van der Waals surface area contributed by atoms with E-state index < -0.39 is 0 Å². The lowest BCUT2D eigenvalue weighted by atomic mass is 10.3. The van der Waals surface area contributed by atoms with Crippen LogP contribution in [0, 0.1) is 0 Å². The Morgan fingerprint density at radius 1 is 1.33 bits per heavy atom. The number of rotatable bonds is 7. The van der Waals surface area contributed by atoms with Gasteiger partial charge in [0.25, 0.3) is 0 Å². The fourth-order valence-corrected chi connectivity index (χ4v) is 2.20. The molecular formula is C12H17ClN2O2S. The summed E-state index contributed by atoms with van der Waals surface area (Å²) in [5, 5.41) is 14.5. The lowest BCUT2D eigenvalue weighted by molar-refractivity contribution is 0.252. The molecule has 0 bridgehead atoms. The molecule has 0 unspecified atom stereocenters. The predicted molar refractivity (Wildman–Crippen MR) is 77.5 cm³/mol. The number of para-hydroxylation sites is 1. The molecule has 18 heavy (non-hydrogen) atoms. The number of carbonyl (C=O) groups excluding carboxylic acids is 1. The van der Waals surface area contributed by atoms with Gasteiger partial charge >= 0.3 is 6.03 Å². The number of urea groups is 1. The van der Waals surface area contributed by atoms with Crippen LogP contribution in [0.2, 0.25) is 5.02 Å². The molecule has 2 amide bonds. The summed E-state index contributed by atoms with van der Waals surface area (Å²) in [6, 6.07) is 6.83. The van der Waals surface area contributed by atoms with E-state index in [0.29, 0.717) is 17.3 Å². The summed E-state index contributed by atoms with van der Waals surface area (Å²) in [6.07, 6.45) is 0.788. The molecule has 0 saturated heterocycles. The van der Waals surface area contributed by atoms with Gasteiger partial charge in [-0.2, -0.15) is 11.8 Å². The first kappa shape index (κ1) is 15.1. The molecule has 1 aromatic rings. The number of nitrogens with one attached hydrogen (secondary N) is 2. The molecule has 1 aromatic carbocycles. The van der Waals surface area contributed by atoms with Crippen LogP contribution in [-0.4, -0.2) is 35.8 Å². The van der Waals surface area contributed by atoms with Crippen LogP contribution in [0.4, 0.5) is 10.5 Å². The van der Waals surface area contributed by atoms with E-state index in [0.717, 1.165) is 17.9 Å². The summed E-state index contributed by atoms with van der Waals surface area (Å²) in [4.78, 5) is 11.5. The number of halogens is 1. The van der Waals surface area contributed by atoms with Crippen molar-refractivity contribution in [3.63, 3.8) is 0 Å². The second-order valence-electron chi connectivity index (χ2n) is 3.55. The Morgan fingerprint density at radius 3 is 2.83 bits per heavy atom. The van der Waals surface area contributed by atoms with Gasteiger partial charge in [0.05, 0.1) is 10.7 Å². The first-order valence-corrected chi connectivity index (χ1v) is 7.25. The van der Waals surface area contributed by atoms with E-state index in [1.54, 1.807) is 23.9 Å². The minimum absolute atomic E-state index is 0.216. The maximum Gasteiger partial charge on any atom is 0.319 e. The number of carbonyl (C=O) groups is 1. The molecular weight excluding hydrogens is 272 g/mol. The lowest BCUT2D eigenvalue weighted by Gasteiger charge is -2.08. The molecule has 0 aromatic heterocycles.